The summed E-state index contributed by atoms with van der Waals surface area (Å²) < 4.78 is 16.6. The molecule has 0 unspecified atom stereocenters. The van der Waals surface area contributed by atoms with Crippen LogP contribution in [0.4, 0.5) is 0 Å². The first kappa shape index (κ1) is 20.2. The standard InChI is InChI=1S/C24H32O5/c1-14(25)28-13-17-12-22-21-7-5-16-11-18(27-4)6-8-19(16)20(21)9-10-24(22,3)23(17)29-15(2)26/h6,8,11,17,20-23H,5,7,9-10,12-13H2,1-4H3/t17-,20+,21+,22-,23-,24-/m0/s1. The third-order valence-corrected chi connectivity index (χ3v) is 7.80. The van der Waals surface area contributed by atoms with Gasteiger partial charge in [0.25, 0.3) is 0 Å². The Balaban J connectivity index is 1.62. The smallest absolute Gasteiger partial charge is 0.302 e. The van der Waals surface area contributed by atoms with Crippen LogP contribution in [-0.4, -0.2) is 31.8 Å². The monoisotopic (exact) mass is 400 g/mol. The largest absolute Gasteiger partial charge is 0.497 e. The van der Waals surface area contributed by atoms with E-state index in [2.05, 4.69) is 25.1 Å². The zero-order chi connectivity index (χ0) is 20.8. The van der Waals surface area contributed by atoms with Crippen molar-refractivity contribution < 1.29 is 23.8 Å². The number of hydrogen-bond acceptors (Lipinski definition) is 5. The lowest BCUT2D eigenvalue weighted by atomic mass is 9.55. The van der Waals surface area contributed by atoms with Crippen LogP contribution in [0.15, 0.2) is 18.2 Å². The second kappa shape index (κ2) is 7.66. The highest BCUT2D eigenvalue weighted by Crippen LogP contribution is 2.63. The Morgan fingerprint density at radius 3 is 2.66 bits per heavy atom. The highest BCUT2D eigenvalue weighted by atomic mass is 16.6. The van der Waals surface area contributed by atoms with E-state index in [0.29, 0.717) is 24.4 Å². The number of carbonyl (C=O) groups excluding carboxylic acids is 2. The van der Waals surface area contributed by atoms with Crippen LogP contribution in [-0.2, 0) is 25.5 Å². The topological polar surface area (TPSA) is 61.8 Å². The number of aryl methyl sites for hydroxylation is 1. The molecular weight excluding hydrogens is 368 g/mol. The van der Waals surface area contributed by atoms with E-state index in [1.807, 2.05) is 0 Å². The van der Waals surface area contributed by atoms with E-state index in [9.17, 15) is 9.59 Å². The third-order valence-electron chi connectivity index (χ3n) is 7.80. The summed E-state index contributed by atoms with van der Waals surface area (Å²) in [6, 6.07) is 6.52. The average molecular weight is 401 g/mol. The van der Waals surface area contributed by atoms with E-state index in [-0.39, 0.29) is 29.4 Å². The van der Waals surface area contributed by atoms with Crippen molar-refractivity contribution in [3.63, 3.8) is 0 Å². The van der Waals surface area contributed by atoms with Gasteiger partial charge in [0.1, 0.15) is 11.9 Å². The first-order valence-electron chi connectivity index (χ1n) is 10.8. The molecule has 2 saturated carbocycles. The van der Waals surface area contributed by atoms with Gasteiger partial charge in [-0.15, -0.1) is 0 Å². The number of rotatable bonds is 4. The maximum absolute atomic E-state index is 11.9. The maximum Gasteiger partial charge on any atom is 0.302 e. The van der Waals surface area contributed by atoms with Crippen molar-refractivity contribution in [3.8, 4) is 5.75 Å². The van der Waals surface area contributed by atoms with Crippen molar-refractivity contribution in [2.45, 2.75) is 64.9 Å². The molecule has 6 atom stereocenters. The highest BCUT2D eigenvalue weighted by Gasteiger charge is 2.59. The second-order valence-corrected chi connectivity index (χ2v) is 9.35. The molecule has 3 aliphatic rings. The minimum absolute atomic E-state index is 0.0539. The molecule has 5 heteroatoms. The van der Waals surface area contributed by atoms with Gasteiger partial charge in [-0.3, -0.25) is 9.59 Å². The maximum atomic E-state index is 11.9. The van der Waals surface area contributed by atoms with Crippen molar-refractivity contribution in [1.82, 2.24) is 0 Å². The number of carbonyl (C=O) groups is 2. The molecule has 3 aliphatic carbocycles. The van der Waals surface area contributed by atoms with Crippen LogP contribution in [0.3, 0.4) is 0 Å². The lowest BCUT2D eigenvalue weighted by Crippen LogP contribution is -2.46. The predicted octanol–water partition coefficient (Wildman–Crippen LogP) is 4.27. The fourth-order valence-corrected chi connectivity index (χ4v) is 6.61. The van der Waals surface area contributed by atoms with Crippen molar-refractivity contribution in [2.75, 3.05) is 13.7 Å². The summed E-state index contributed by atoms with van der Waals surface area (Å²) in [5, 5.41) is 0. The van der Waals surface area contributed by atoms with E-state index in [1.165, 1.54) is 25.0 Å². The molecular formula is C24H32O5. The van der Waals surface area contributed by atoms with E-state index in [1.54, 1.807) is 7.11 Å². The number of benzene rings is 1. The van der Waals surface area contributed by atoms with Crippen LogP contribution >= 0.6 is 0 Å². The SMILES string of the molecule is COc1ccc2c(c1)CC[C@@H]1[C@@H]2CC[C@@]2(C)[C@H]1C[C@@H](COC(C)=O)[C@@H]2OC(C)=O. The molecule has 0 radical (unpaired) electrons. The predicted molar refractivity (Wildman–Crippen MR) is 109 cm³/mol. The van der Waals surface area contributed by atoms with Crippen molar-refractivity contribution in [1.29, 1.82) is 0 Å². The molecule has 0 N–H and O–H groups in total. The summed E-state index contributed by atoms with van der Waals surface area (Å²) in [5.41, 5.74) is 2.83. The molecule has 2 fully saturated rings. The van der Waals surface area contributed by atoms with Gasteiger partial charge in [0, 0.05) is 25.2 Å². The Morgan fingerprint density at radius 2 is 1.97 bits per heavy atom. The zero-order valence-corrected chi connectivity index (χ0v) is 17.9. The van der Waals surface area contributed by atoms with E-state index in [4.69, 9.17) is 14.2 Å². The molecule has 0 bridgehead atoms. The normalized spacial score (nSPS) is 35.1. The number of ether oxygens (including phenoxy) is 3. The fraction of sp³-hybridized carbons (Fsp3) is 0.667. The second-order valence-electron chi connectivity index (χ2n) is 9.35. The van der Waals surface area contributed by atoms with Gasteiger partial charge in [-0.2, -0.15) is 0 Å². The van der Waals surface area contributed by atoms with Gasteiger partial charge >= 0.3 is 11.9 Å². The average Bonchev–Trinajstić information content (AvgIpc) is 2.97. The van der Waals surface area contributed by atoms with E-state index < -0.39 is 0 Å². The lowest BCUT2D eigenvalue weighted by Gasteiger charge is -2.50. The summed E-state index contributed by atoms with van der Waals surface area (Å²) in [7, 11) is 1.72. The highest BCUT2D eigenvalue weighted by molar-refractivity contribution is 5.66. The molecule has 0 aliphatic heterocycles. The van der Waals surface area contributed by atoms with Gasteiger partial charge in [-0.1, -0.05) is 13.0 Å². The Hall–Kier alpha value is -2.04. The molecule has 158 valence electrons. The first-order chi connectivity index (χ1) is 13.8. The zero-order valence-electron chi connectivity index (χ0n) is 17.9. The van der Waals surface area contributed by atoms with Gasteiger partial charge in [-0.25, -0.2) is 0 Å². The van der Waals surface area contributed by atoms with Crippen LogP contribution in [0.25, 0.3) is 0 Å². The fourth-order valence-electron chi connectivity index (χ4n) is 6.61. The minimum atomic E-state index is -0.273. The van der Waals surface area contributed by atoms with Gasteiger partial charge in [-0.05, 0) is 73.1 Å². The summed E-state index contributed by atoms with van der Waals surface area (Å²) >= 11 is 0. The summed E-state index contributed by atoms with van der Waals surface area (Å²) in [4.78, 5) is 23.3. The Labute approximate surface area is 173 Å². The minimum Gasteiger partial charge on any atom is -0.497 e. The van der Waals surface area contributed by atoms with Crippen molar-refractivity contribution in [3.05, 3.63) is 29.3 Å². The van der Waals surface area contributed by atoms with E-state index >= 15 is 0 Å². The molecule has 1 aromatic carbocycles. The number of methoxy groups -OCH3 is 1. The van der Waals surface area contributed by atoms with Crippen LogP contribution < -0.4 is 4.74 Å². The van der Waals surface area contributed by atoms with Crippen LogP contribution in [0.2, 0.25) is 0 Å². The molecule has 1 aromatic rings. The molecule has 29 heavy (non-hydrogen) atoms. The Bertz CT molecular complexity index is 802. The van der Waals surface area contributed by atoms with Crippen molar-refractivity contribution >= 4 is 11.9 Å². The molecule has 5 nitrogen and oxygen atoms in total. The van der Waals surface area contributed by atoms with Gasteiger partial charge in [0.05, 0.1) is 13.7 Å². The molecule has 0 aromatic heterocycles. The van der Waals surface area contributed by atoms with Gasteiger partial charge in [0.15, 0.2) is 0 Å². The van der Waals surface area contributed by atoms with E-state index in [0.717, 1.165) is 37.9 Å². The Morgan fingerprint density at radius 1 is 1.17 bits per heavy atom. The Kier molecular flexibility index (Phi) is 5.34. The summed E-state index contributed by atoms with van der Waals surface area (Å²) in [6.07, 6.45) is 5.12. The van der Waals surface area contributed by atoms with Crippen LogP contribution in [0.5, 0.6) is 5.75 Å². The van der Waals surface area contributed by atoms with Gasteiger partial charge in [0.2, 0.25) is 0 Å². The molecule has 0 saturated heterocycles. The number of esters is 2. The number of hydrogen-bond donors (Lipinski definition) is 0. The molecule has 0 heterocycles. The quantitative estimate of drug-likeness (QED) is 0.706. The van der Waals surface area contributed by atoms with Crippen LogP contribution in [0.1, 0.15) is 63.5 Å². The lowest BCUT2D eigenvalue weighted by molar-refractivity contribution is -0.160. The van der Waals surface area contributed by atoms with Crippen LogP contribution in [0, 0.1) is 23.2 Å². The number of fused-ring (bicyclic) bond motifs is 5. The molecule has 0 spiro atoms. The summed E-state index contributed by atoms with van der Waals surface area (Å²) in [6.45, 7) is 5.55. The third kappa shape index (κ3) is 3.53. The molecule has 4 rings (SSSR count). The first-order valence-corrected chi connectivity index (χ1v) is 10.8. The molecule has 0 amide bonds. The van der Waals surface area contributed by atoms with Crippen molar-refractivity contribution in [2.24, 2.45) is 23.2 Å². The summed E-state index contributed by atoms with van der Waals surface area (Å²) in [5.74, 6) is 2.09. The van der Waals surface area contributed by atoms with Gasteiger partial charge < -0.3 is 14.2 Å².